The van der Waals surface area contributed by atoms with Crippen LogP contribution in [-0.2, 0) is 4.74 Å². The fraction of sp³-hybridized carbons (Fsp3) is 0.167. The Balaban J connectivity index is 2.28. The average Bonchev–Trinajstić information content (AvgIpc) is 2.44. The summed E-state index contributed by atoms with van der Waals surface area (Å²) in [5.74, 6) is -1.92. The zero-order valence-electron chi connectivity index (χ0n) is 10.4. The summed E-state index contributed by atoms with van der Waals surface area (Å²) in [7, 11) is 0. The Labute approximate surface area is 111 Å². The lowest BCUT2D eigenvalue weighted by Gasteiger charge is -2.14. The Morgan fingerprint density at radius 2 is 2.25 bits per heavy atom. The second-order valence-electron chi connectivity index (χ2n) is 3.86. The molecule has 8 heteroatoms. The molecule has 2 rings (SSSR count). The van der Waals surface area contributed by atoms with Crippen molar-refractivity contribution >= 4 is 5.97 Å². The maximum Gasteiger partial charge on any atom is 0.341 e. The van der Waals surface area contributed by atoms with Crippen molar-refractivity contribution in [3.05, 3.63) is 62.9 Å². The molecule has 0 radical (unpaired) electrons. The van der Waals surface area contributed by atoms with E-state index in [9.17, 15) is 18.8 Å². The number of pyridine rings is 1. The second kappa shape index (κ2) is 5.47. The van der Waals surface area contributed by atoms with Crippen LogP contribution in [0.15, 0.2) is 40.3 Å². The van der Waals surface area contributed by atoms with Gasteiger partial charge in [0.1, 0.15) is 0 Å². The van der Waals surface area contributed by atoms with E-state index in [1.807, 2.05) is 4.98 Å². The number of nitrogens with zero attached hydrogens (tertiary/aromatic N) is 2. The summed E-state index contributed by atoms with van der Waals surface area (Å²) in [6.07, 6.45) is 2.14. The number of aromatic amines is 1. The number of aromatic nitrogens is 3. The first-order valence-corrected chi connectivity index (χ1v) is 5.61. The zero-order chi connectivity index (χ0) is 14.7. The topological polar surface area (TPSA) is 94.0 Å². The van der Waals surface area contributed by atoms with Crippen molar-refractivity contribution in [1.82, 2.24) is 14.5 Å². The summed E-state index contributed by atoms with van der Waals surface area (Å²) in [5, 5.41) is 0. The van der Waals surface area contributed by atoms with Gasteiger partial charge < -0.3 is 9.72 Å². The fourth-order valence-corrected chi connectivity index (χ4v) is 1.55. The number of H-pyrrole nitrogens is 1. The summed E-state index contributed by atoms with van der Waals surface area (Å²) in [6, 6.07) is 2.99. The van der Waals surface area contributed by atoms with E-state index in [1.165, 1.54) is 31.5 Å². The summed E-state index contributed by atoms with van der Waals surface area (Å²) in [4.78, 5) is 40.5. The molecule has 0 aliphatic heterocycles. The Morgan fingerprint density at radius 1 is 1.50 bits per heavy atom. The van der Waals surface area contributed by atoms with Crippen LogP contribution in [-0.4, -0.2) is 20.5 Å². The minimum atomic E-state index is -1.25. The van der Waals surface area contributed by atoms with Gasteiger partial charge in [-0.05, 0) is 19.1 Å². The van der Waals surface area contributed by atoms with Gasteiger partial charge >= 0.3 is 11.7 Å². The standard InChI is InChI=1S/C12H10FN3O4/c1-7(16-10(17)9(13)6-15-12(16)19)20-11(18)8-3-2-4-14-5-8/h2-7H,1H3,(H,15,19). The lowest BCUT2D eigenvalue weighted by atomic mass is 10.3. The number of halogens is 1. The van der Waals surface area contributed by atoms with Crippen molar-refractivity contribution in [2.24, 2.45) is 0 Å². The highest BCUT2D eigenvalue weighted by molar-refractivity contribution is 5.88. The van der Waals surface area contributed by atoms with Gasteiger partial charge in [0.05, 0.1) is 5.56 Å². The van der Waals surface area contributed by atoms with Crippen molar-refractivity contribution in [1.29, 1.82) is 0 Å². The molecule has 0 aromatic carbocycles. The molecule has 7 nitrogen and oxygen atoms in total. The molecule has 0 spiro atoms. The predicted octanol–water partition coefficient (Wildman–Crippen LogP) is 0.446. The van der Waals surface area contributed by atoms with Crippen LogP contribution in [0.2, 0.25) is 0 Å². The molecular formula is C12H10FN3O4. The number of hydrogen-bond donors (Lipinski definition) is 1. The van der Waals surface area contributed by atoms with E-state index in [2.05, 4.69) is 4.98 Å². The summed E-state index contributed by atoms with van der Waals surface area (Å²) in [5.41, 5.74) is -1.89. The molecule has 2 aromatic rings. The summed E-state index contributed by atoms with van der Waals surface area (Å²) < 4.78 is 18.5. The number of carbonyl (C=O) groups excluding carboxylic acids is 1. The molecule has 2 heterocycles. The molecule has 0 fully saturated rings. The Morgan fingerprint density at radius 3 is 2.90 bits per heavy atom. The number of carbonyl (C=O) groups is 1. The highest BCUT2D eigenvalue weighted by Crippen LogP contribution is 2.07. The van der Waals surface area contributed by atoms with Crippen LogP contribution in [0.4, 0.5) is 4.39 Å². The molecule has 2 aromatic heterocycles. The fourth-order valence-electron chi connectivity index (χ4n) is 1.55. The van der Waals surface area contributed by atoms with Gasteiger partial charge in [-0.3, -0.25) is 9.78 Å². The average molecular weight is 279 g/mol. The van der Waals surface area contributed by atoms with Crippen molar-refractivity contribution in [3.63, 3.8) is 0 Å². The van der Waals surface area contributed by atoms with Crippen LogP contribution in [0, 0.1) is 5.82 Å². The first-order chi connectivity index (χ1) is 9.50. The van der Waals surface area contributed by atoms with Crippen molar-refractivity contribution in [2.75, 3.05) is 0 Å². The molecule has 20 heavy (non-hydrogen) atoms. The van der Waals surface area contributed by atoms with Crippen LogP contribution in [0.5, 0.6) is 0 Å². The van der Waals surface area contributed by atoms with Crippen molar-refractivity contribution in [2.45, 2.75) is 13.2 Å². The highest BCUT2D eigenvalue weighted by atomic mass is 19.1. The summed E-state index contributed by atoms with van der Waals surface area (Å²) in [6.45, 7) is 1.28. The van der Waals surface area contributed by atoms with E-state index in [1.54, 1.807) is 0 Å². The Bertz CT molecular complexity index is 738. The lowest BCUT2D eigenvalue weighted by Crippen LogP contribution is -2.39. The van der Waals surface area contributed by atoms with E-state index in [4.69, 9.17) is 4.74 Å². The normalized spacial score (nSPS) is 11.9. The highest BCUT2D eigenvalue weighted by Gasteiger charge is 2.18. The maximum absolute atomic E-state index is 13.1. The monoisotopic (exact) mass is 279 g/mol. The van der Waals surface area contributed by atoms with Gasteiger partial charge in [-0.2, -0.15) is 4.39 Å². The summed E-state index contributed by atoms with van der Waals surface area (Å²) >= 11 is 0. The van der Waals surface area contributed by atoms with Gasteiger partial charge in [-0.25, -0.2) is 14.2 Å². The SMILES string of the molecule is CC(OC(=O)c1cccnc1)n1c(=O)[nH]cc(F)c1=O. The van der Waals surface area contributed by atoms with Crippen LogP contribution in [0.25, 0.3) is 0 Å². The van der Waals surface area contributed by atoms with E-state index in [0.717, 1.165) is 0 Å². The molecule has 1 N–H and O–H groups in total. The maximum atomic E-state index is 13.1. The smallest absolute Gasteiger partial charge is 0.341 e. The van der Waals surface area contributed by atoms with Crippen molar-refractivity contribution in [3.8, 4) is 0 Å². The van der Waals surface area contributed by atoms with Gasteiger partial charge in [0.15, 0.2) is 6.23 Å². The minimum absolute atomic E-state index is 0.153. The van der Waals surface area contributed by atoms with E-state index < -0.39 is 29.3 Å². The number of rotatable bonds is 3. The first-order valence-electron chi connectivity index (χ1n) is 5.61. The third kappa shape index (κ3) is 2.63. The van der Waals surface area contributed by atoms with Gasteiger partial charge in [0.2, 0.25) is 5.82 Å². The van der Waals surface area contributed by atoms with Crippen LogP contribution in [0.1, 0.15) is 23.5 Å². The van der Waals surface area contributed by atoms with E-state index in [0.29, 0.717) is 10.8 Å². The van der Waals surface area contributed by atoms with Crippen LogP contribution < -0.4 is 11.2 Å². The molecular weight excluding hydrogens is 269 g/mol. The molecule has 0 saturated carbocycles. The number of nitrogens with one attached hydrogen (secondary N) is 1. The third-order valence-electron chi connectivity index (χ3n) is 2.50. The first kappa shape index (κ1) is 13.7. The molecule has 0 bridgehead atoms. The lowest BCUT2D eigenvalue weighted by molar-refractivity contribution is 0.0128. The molecule has 104 valence electrons. The minimum Gasteiger partial charge on any atom is -0.438 e. The molecule has 0 aliphatic carbocycles. The number of esters is 1. The number of hydrogen-bond acceptors (Lipinski definition) is 5. The van der Waals surface area contributed by atoms with Crippen LogP contribution >= 0.6 is 0 Å². The van der Waals surface area contributed by atoms with E-state index in [-0.39, 0.29) is 5.56 Å². The van der Waals surface area contributed by atoms with Gasteiger partial charge in [0, 0.05) is 18.6 Å². The molecule has 0 amide bonds. The molecule has 1 atom stereocenters. The second-order valence-corrected chi connectivity index (χ2v) is 3.86. The predicted molar refractivity (Wildman–Crippen MR) is 65.6 cm³/mol. The third-order valence-corrected chi connectivity index (χ3v) is 2.50. The van der Waals surface area contributed by atoms with E-state index >= 15 is 0 Å². The quantitative estimate of drug-likeness (QED) is 0.823. The number of ether oxygens (including phenoxy) is 1. The largest absolute Gasteiger partial charge is 0.438 e. The van der Waals surface area contributed by atoms with Gasteiger partial charge in [0.25, 0.3) is 5.56 Å². The Hall–Kier alpha value is -2.77. The molecule has 1 unspecified atom stereocenters. The Kier molecular flexibility index (Phi) is 3.74. The molecule has 0 aliphatic rings. The van der Waals surface area contributed by atoms with Gasteiger partial charge in [-0.15, -0.1) is 0 Å². The van der Waals surface area contributed by atoms with Crippen LogP contribution in [0.3, 0.4) is 0 Å². The molecule has 0 saturated heterocycles. The van der Waals surface area contributed by atoms with Gasteiger partial charge in [-0.1, -0.05) is 0 Å². The zero-order valence-corrected chi connectivity index (χ0v) is 10.4. The van der Waals surface area contributed by atoms with Crippen molar-refractivity contribution < 1.29 is 13.9 Å².